The van der Waals surface area contributed by atoms with Crippen LogP contribution in [0.15, 0.2) is 0 Å². The van der Waals surface area contributed by atoms with Crippen molar-refractivity contribution in [3.63, 3.8) is 0 Å². The second kappa shape index (κ2) is 6.38. The minimum atomic E-state index is 0.260. The molecule has 1 fully saturated rings. The van der Waals surface area contributed by atoms with Crippen molar-refractivity contribution in [3.8, 4) is 0 Å². The molecule has 0 aromatic carbocycles. The highest BCUT2D eigenvalue weighted by atomic mass is 16.3. The van der Waals surface area contributed by atoms with Crippen LogP contribution in [0.3, 0.4) is 0 Å². The molecule has 1 aliphatic heterocycles. The molecular formula is C11H24N2O. The lowest BCUT2D eigenvalue weighted by Crippen LogP contribution is -2.37. The van der Waals surface area contributed by atoms with Gasteiger partial charge in [-0.2, -0.15) is 0 Å². The summed E-state index contributed by atoms with van der Waals surface area (Å²) in [6, 6.07) is 1.03. The summed E-state index contributed by atoms with van der Waals surface area (Å²) < 4.78 is 0. The van der Waals surface area contributed by atoms with Crippen molar-refractivity contribution in [1.29, 1.82) is 0 Å². The van der Waals surface area contributed by atoms with Gasteiger partial charge in [0, 0.05) is 12.1 Å². The summed E-state index contributed by atoms with van der Waals surface area (Å²) in [5.41, 5.74) is 0. The maximum Gasteiger partial charge on any atom is 0.0585 e. The SMILES string of the molecule is CCNC(CO)CCN1CCCC1C. The predicted octanol–water partition coefficient (Wildman–Crippen LogP) is 0.831. The van der Waals surface area contributed by atoms with Gasteiger partial charge in [-0.15, -0.1) is 0 Å². The van der Waals surface area contributed by atoms with Crippen LogP contribution < -0.4 is 5.32 Å². The highest BCUT2D eigenvalue weighted by molar-refractivity contribution is 4.77. The largest absolute Gasteiger partial charge is 0.395 e. The smallest absolute Gasteiger partial charge is 0.0585 e. The van der Waals surface area contributed by atoms with Gasteiger partial charge in [0.15, 0.2) is 0 Å². The van der Waals surface area contributed by atoms with Crippen LogP contribution in [0, 0.1) is 0 Å². The second-order valence-corrected chi connectivity index (χ2v) is 4.25. The molecule has 2 N–H and O–H groups in total. The molecule has 1 rings (SSSR count). The van der Waals surface area contributed by atoms with Crippen LogP contribution in [0.2, 0.25) is 0 Å². The Labute approximate surface area is 87.5 Å². The zero-order valence-electron chi connectivity index (χ0n) is 9.50. The number of aliphatic hydroxyl groups excluding tert-OH is 1. The van der Waals surface area contributed by atoms with Crippen molar-refractivity contribution in [2.45, 2.75) is 45.2 Å². The van der Waals surface area contributed by atoms with E-state index >= 15 is 0 Å². The third-order valence-corrected chi connectivity index (χ3v) is 3.17. The molecule has 0 aromatic heterocycles. The molecule has 1 aliphatic rings. The average Bonchev–Trinajstić information content (AvgIpc) is 2.59. The number of nitrogens with one attached hydrogen (secondary N) is 1. The summed E-state index contributed by atoms with van der Waals surface area (Å²) in [4.78, 5) is 2.53. The van der Waals surface area contributed by atoms with Crippen molar-refractivity contribution in [3.05, 3.63) is 0 Å². The van der Waals surface area contributed by atoms with Gasteiger partial charge in [0.1, 0.15) is 0 Å². The van der Waals surface area contributed by atoms with Crippen LogP contribution in [-0.4, -0.2) is 48.3 Å². The Hall–Kier alpha value is -0.120. The highest BCUT2D eigenvalue weighted by Crippen LogP contribution is 2.16. The maximum atomic E-state index is 9.12. The summed E-state index contributed by atoms with van der Waals surface area (Å²) >= 11 is 0. The van der Waals surface area contributed by atoms with E-state index < -0.39 is 0 Å². The molecule has 0 saturated carbocycles. The number of nitrogens with zero attached hydrogens (tertiary/aromatic N) is 1. The summed E-state index contributed by atoms with van der Waals surface area (Å²) in [6.45, 7) is 7.96. The topological polar surface area (TPSA) is 35.5 Å². The number of aliphatic hydroxyl groups is 1. The van der Waals surface area contributed by atoms with E-state index in [-0.39, 0.29) is 12.6 Å². The Morgan fingerprint density at radius 1 is 1.57 bits per heavy atom. The number of hydrogen-bond donors (Lipinski definition) is 2. The Morgan fingerprint density at radius 3 is 2.86 bits per heavy atom. The maximum absolute atomic E-state index is 9.12. The first-order chi connectivity index (χ1) is 6.77. The van der Waals surface area contributed by atoms with Gasteiger partial charge in [0.25, 0.3) is 0 Å². The molecule has 0 aliphatic carbocycles. The van der Waals surface area contributed by atoms with Gasteiger partial charge >= 0.3 is 0 Å². The first-order valence-electron chi connectivity index (χ1n) is 5.86. The summed E-state index contributed by atoms with van der Waals surface area (Å²) in [7, 11) is 0. The molecule has 0 amide bonds. The third-order valence-electron chi connectivity index (χ3n) is 3.17. The van der Waals surface area contributed by atoms with Crippen LogP contribution in [0.4, 0.5) is 0 Å². The Kier molecular flexibility index (Phi) is 5.45. The monoisotopic (exact) mass is 200 g/mol. The van der Waals surface area contributed by atoms with Gasteiger partial charge < -0.3 is 15.3 Å². The minimum Gasteiger partial charge on any atom is -0.395 e. The molecule has 0 aromatic rings. The standard InChI is InChI=1S/C11H24N2O/c1-3-12-11(9-14)6-8-13-7-4-5-10(13)2/h10-12,14H,3-9H2,1-2H3. The number of likely N-dealkylation sites (N-methyl/N-ethyl adjacent to an activating group) is 1. The normalized spacial score (nSPS) is 25.5. The lowest BCUT2D eigenvalue weighted by atomic mass is 10.2. The van der Waals surface area contributed by atoms with Crippen LogP contribution in [0.25, 0.3) is 0 Å². The van der Waals surface area contributed by atoms with Crippen LogP contribution >= 0.6 is 0 Å². The predicted molar refractivity (Wildman–Crippen MR) is 59.4 cm³/mol. The molecule has 84 valence electrons. The zero-order chi connectivity index (χ0) is 10.4. The van der Waals surface area contributed by atoms with Crippen LogP contribution in [-0.2, 0) is 0 Å². The average molecular weight is 200 g/mol. The highest BCUT2D eigenvalue weighted by Gasteiger charge is 2.20. The van der Waals surface area contributed by atoms with E-state index in [1.165, 1.54) is 19.4 Å². The Balaban J connectivity index is 2.17. The van der Waals surface area contributed by atoms with Gasteiger partial charge in [0.2, 0.25) is 0 Å². The summed E-state index contributed by atoms with van der Waals surface area (Å²) in [6.07, 6.45) is 3.74. The van der Waals surface area contributed by atoms with E-state index in [9.17, 15) is 0 Å². The number of likely N-dealkylation sites (tertiary alicyclic amines) is 1. The fraction of sp³-hybridized carbons (Fsp3) is 1.00. The second-order valence-electron chi connectivity index (χ2n) is 4.25. The third kappa shape index (κ3) is 3.56. The van der Waals surface area contributed by atoms with Crippen molar-refractivity contribution < 1.29 is 5.11 Å². The van der Waals surface area contributed by atoms with E-state index in [0.29, 0.717) is 0 Å². The fourth-order valence-electron chi connectivity index (χ4n) is 2.19. The van der Waals surface area contributed by atoms with Gasteiger partial charge in [0.05, 0.1) is 6.61 Å². The lowest BCUT2D eigenvalue weighted by Gasteiger charge is -2.23. The summed E-state index contributed by atoms with van der Waals surface area (Å²) in [5, 5.41) is 12.4. The molecule has 14 heavy (non-hydrogen) atoms. The van der Waals surface area contributed by atoms with Crippen molar-refractivity contribution >= 4 is 0 Å². The first kappa shape index (κ1) is 12.0. The summed E-state index contributed by atoms with van der Waals surface area (Å²) in [5.74, 6) is 0. The zero-order valence-corrected chi connectivity index (χ0v) is 9.50. The molecule has 1 saturated heterocycles. The Bertz CT molecular complexity index is 152. The Morgan fingerprint density at radius 2 is 2.36 bits per heavy atom. The van der Waals surface area contributed by atoms with Gasteiger partial charge in [-0.25, -0.2) is 0 Å². The molecule has 0 radical (unpaired) electrons. The van der Waals surface area contributed by atoms with E-state index in [1.807, 2.05) is 0 Å². The molecule has 0 bridgehead atoms. The molecule has 1 heterocycles. The van der Waals surface area contributed by atoms with Gasteiger partial charge in [-0.3, -0.25) is 0 Å². The van der Waals surface area contributed by atoms with E-state index in [1.54, 1.807) is 0 Å². The van der Waals surface area contributed by atoms with Crippen LogP contribution in [0.1, 0.15) is 33.1 Å². The molecule has 3 heteroatoms. The van der Waals surface area contributed by atoms with Crippen molar-refractivity contribution in [2.75, 3.05) is 26.2 Å². The van der Waals surface area contributed by atoms with Gasteiger partial charge in [-0.05, 0) is 45.8 Å². The van der Waals surface area contributed by atoms with Crippen molar-refractivity contribution in [1.82, 2.24) is 10.2 Å². The molecule has 2 unspecified atom stereocenters. The van der Waals surface area contributed by atoms with Gasteiger partial charge in [-0.1, -0.05) is 6.92 Å². The number of rotatable bonds is 6. The first-order valence-corrected chi connectivity index (χ1v) is 5.86. The minimum absolute atomic E-state index is 0.260. The van der Waals surface area contributed by atoms with E-state index in [4.69, 9.17) is 5.11 Å². The molecule has 0 spiro atoms. The molecule has 2 atom stereocenters. The fourth-order valence-corrected chi connectivity index (χ4v) is 2.19. The van der Waals surface area contributed by atoms with E-state index in [2.05, 4.69) is 24.1 Å². The lowest BCUT2D eigenvalue weighted by molar-refractivity contribution is 0.204. The molecule has 3 nitrogen and oxygen atoms in total. The quantitative estimate of drug-likeness (QED) is 0.667. The molecular weight excluding hydrogens is 176 g/mol. The van der Waals surface area contributed by atoms with Crippen LogP contribution in [0.5, 0.6) is 0 Å². The van der Waals surface area contributed by atoms with Crippen molar-refractivity contribution in [2.24, 2.45) is 0 Å². The number of hydrogen-bond acceptors (Lipinski definition) is 3. The van der Waals surface area contributed by atoms with E-state index in [0.717, 1.165) is 25.6 Å².